The molecule has 0 radical (unpaired) electrons. The Bertz CT molecular complexity index is 2700. The number of rotatable bonds is 5. The van der Waals surface area contributed by atoms with Crippen LogP contribution >= 0.6 is 0 Å². The molecule has 0 fully saturated rings. The number of para-hydroxylation sites is 2. The third-order valence-corrected chi connectivity index (χ3v) is 10.3. The van der Waals surface area contributed by atoms with E-state index in [9.17, 15) is 0 Å². The molecule has 0 aliphatic heterocycles. The van der Waals surface area contributed by atoms with Crippen molar-refractivity contribution in [1.82, 2.24) is 4.98 Å². The summed E-state index contributed by atoms with van der Waals surface area (Å²) in [6, 6.07) is 55.5. The molecule has 0 amide bonds. The smallest absolute Gasteiger partial charge is 0.228 e. The lowest BCUT2D eigenvalue weighted by atomic mass is 9.82. The van der Waals surface area contributed by atoms with Crippen molar-refractivity contribution in [1.29, 1.82) is 0 Å². The van der Waals surface area contributed by atoms with Crippen LogP contribution in [-0.4, -0.2) is 4.98 Å². The Morgan fingerprint density at radius 2 is 1.14 bits per heavy atom. The number of benzene rings is 7. The number of hydrogen-bond acceptors (Lipinski definition) is 4. The van der Waals surface area contributed by atoms with E-state index in [-0.39, 0.29) is 5.41 Å². The number of fused-ring (bicyclic) bond motifs is 7. The highest BCUT2D eigenvalue weighted by atomic mass is 16.3. The third-order valence-electron chi connectivity index (χ3n) is 10.3. The number of oxazole rings is 1. The van der Waals surface area contributed by atoms with Crippen LogP contribution in [0.1, 0.15) is 25.0 Å². The second-order valence-electron chi connectivity index (χ2n) is 13.6. The summed E-state index contributed by atoms with van der Waals surface area (Å²) < 4.78 is 12.7. The van der Waals surface area contributed by atoms with Gasteiger partial charge >= 0.3 is 0 Å². The minimum atomic E-state index is -0.121. The van der Waals surface area contributed by atoms with Gasteiger partial charge < -0.3 is 13.7 Å². The molecule has 10 rings (SSSR count). The molecule has 2 aromatic heterocycles. The van der Waals surface area contributed by atoms with Crippen LogP contribution in [0.25, 0.3) is 66.7 Å². The monoisotopic (exact) mass is 644 g/mol. The van der Waals surface area contributed by atoms with Crippen LogP contribution in [0.15, 0.2) is 167 Å². The molecule has 4 heteroatoms. The van der Waals surface area contributed by atoms with Gasteiger partial charge in [0, 0.05) is 38.8 Å². The minimum Gasteiger partial charge on any atom is -0.456 e. The lowest BCUT2D eigenvalue weighted by Crippen LogP contribution is -2.16. The first-order valence-corrected chi connectivity index (χ1v) is 17.0. The van der Waals surface area contributed by atoms with E-state index < -0.39 is 0 Å². The number of hydrogen-bond donors (Lipinski definition) is 0. The Labute approximate surface area is 289 Å². The van der Waals surface area contributed by atoms with Gasteiger partial charge in [-0.15, -0.1) is 0 Å². The zero-order valence-corrected chi connectivity index (χ0v) is 27.7. The van der Waals surface area contributed by atoms with Gasteiger partial charge in [0.15, 0.2) is 5.58 Å². The maximum Gasteiger partial charge on any atom is 0.228 e. The lowest BCUT2D eigenvalue weighted by Gasteiger charge is -2.28. The van der Waals surface area contributed by atoms with Crippen molar-refractivity contribution in [3.63, 3.8) is 0 Å². The van der Waals surface area contributed by atoms with Crippen molar-refractivity contribution < 1.29 is 8.83 Å². The zero-order chi connectivity index (χ0) is 33.4. The van der Waals surface area contributed by atoms with Crippen molar-refractivity contribution in [3.8, 4) is 33.7 Å². The second-order valence-corrected chi connectivity index (χ2v) is 13.6. The van der Waals surface area contributed by atoms with Crippen molar-refractivity contribution >= 4 is 50.1 Å². The average Bonchev–Trinajstić information content (AvgIpc) is 3.83. The van der Waals surface area contributed by atoms with Crippen LogP contribution < -0.4 is 4.90 Å². The Morgan fingerprint density at radius 3 is 2.00 bits per heavy atom. The van der Waals surface area contributed by atoms with Crippen LogP contribution in [0.3, 0.4) is 0 Å². The molecule has 1 aliphatic carbocycles. The molecule has 0 spiro atoms. The van der Waals surface area contributed by atoms with E-state index in [1.165, 1.54) is 33.4 Å². The van der Waals surface area contributed by atoms with E-state index >= 15 is 0 Å². The largest absolute Gasteiger partial charge is 0.456 e. The Balaban J connectivity index is 1.17. The van der Waals surface area contributed by atoms with Crippen molar-refractivity contribution in [2.45, 2.75) is 19.3 Å². The first kappa shape index (κ1) is 28.6. The maximum atomic E-state index is 6.44. The molecule has 0 N–H and O–H groups in total. The minimum absolute atomic E-state index is 0.121. The highest BCUT2D eigenvalue weighted by molar-refractivity contribution is 6.13. The SMILES string of the molecule is CC1(C)c2ccccc2-c2ccc(N(c3ccc(-c4ccccc4)cc3)c3ccc4oc5cccc(-c6nc7ccccc7o6)c5c4c3)cc21. The van der Waals surface area contributed by atoms with Crippen LogP contribution in [0.2, 0.25) is 0 Å². The van der Waals surface area contributed by atoms with E-state index in [1.807, 2.05) is 36.4 Å². The fraction of sp³-hybridized carbons (Fsp3) is 0.0652. The quantitative estimate of drug-likeness (QED) is 0.187. The normalized spacial score (nSPS) is 13.2. The van der Waals surface area contributed by atoms with Crippen molar-refractivity contribution in [2.75, 3.05) is 4.90 Å². The van der Waals surface area contributed by atoms with Gasteiger partial charge in [-0.3, -0.25) is 0 Å². The summed E-state index contributed by atoms with van der Waals surface area (Å²) in [4.78, 5) is 7.21. The predicted molar refractivity (Wildman–Crippen MR) is 204 cm³/mol. The summed E-state index contributed by atoms with van der Waals surface area (Å²) in [5, 5.41) is 2.00. The zero-order valence-electron chi connectivity index (χ0n) is 27.7. The molecule has 0 unspecified atom stereocenters. The van der Waals surface area contributed by atoms with Gasteiger partial charge in [-0.05, 0) is 100 Å². The van der Waals surface area contributed by atoms with Crippen LogP contribution in [-0.2, 0) is 5.41 Å². The fourth-order valence-electron chi connectivity index (χ4n) is 7.83. The topological polar surface area (TPSA) is 42.4 Å². The molecule has 1 aliphatic rings. The summed E-state index contributed by atoms with van der Waals surface area (Å²) in [7, 11) is 0. The fourth-order valence-corrected chi connectivity index (χ4v) is 7.83. The number of furan rings is 1. The second kappa shape index (κ2) is 10.8. The summed E-state index contributed by atoms with van der Waals surface area (Å²) in [6.07, 6.45) is 0. The molecule has 9 aromatic rings. The van der Waals surface area contributed by atoms with E-state index in [2.05, 4.69) is 140 Å². The lowest BCUT2D eigenvalue weighted by molar-refractivity contribution is 0.620. The average molecular weight is 645 g/mol. The van der Waals surface area contributed by atoms with Crippen LogP contribution in [0.5, 0.6) is 0 Å². The molecule has 0 bridgehead atoms. The number of nitrogens with zero attached hydrogens (tertiary/aromatic N) is 2. The molecule has 4 nitrogen and oxygen atoms in total. The van der Waals surface area contributed by atoms with Gasteiger partial charge in [0.05, 0.1) is 0 Å². The third kappa shape index (κ3) is 4.35. The standard InChI is InChI=1S/C46H32N2O2/c1-46(2)38-15-7-6-13-34(38)35-25-23-33(28-39(35)46)48(31-21-19-30(20-22-31)29-11-4-3-5-12-29)32-24-26-41-37(27-32)44-36(14-10-18-43(44)49-41)45-47-40-16-8-9-17-42(40)50-45/h3-28H,1-2H3. The molecular weight excluding hydrogens is 613 g/mol. The molecule has 0 atom stereocenters. The van der Waals surface area contributed by atoms with Gasteiger partial charge in [-0.25, -0.2) is 4.98 Å². The van der Waals surface area contributed by atoms with Crippen molar-refractivity contribution in [3.05, 3.63) is 169 Å². The van der Waals surface area contributed by atoms with Crippen LogP contribution in [0.4, 0.5) is 17.1 Å². The molecule has 238 valence electrons. The molecule has 50 heavy (non-hydrogen) atoms. The van der Waals surface area contributed by atoms with Gasteiger partial charge in [-0.2, -0.15) is 0 Å². The van der Waals surface area contributed by atoms with Crippen molar-refractivity contribution in [2.24, 2.45) is 0 Å². The Morgan fingerprint density at radius 1 is 0.480 bits per heavy atom. The maximum absolute atomic E-state index is 6.44. The van der Waals surface area contributed by atoms with E-state index in [1.54, 1.807) is 0 Å². The molecular formula is C46H32N2O2. The molecule has 0 saturated carbocycles. The van der Waals surface area contributed by atoms with Gasteiger partial charge in [0.25, 0.3) is 0 Å². The molecule has 0 saturated heterocycles. The number of anilines is 3. The van der Waals surface area contributed by atoms with Gasteiger partial charge in [-0.1, -0.05) is 105 Å². The number of aromatic nitrogens is 1. The Kier molecular flexibility index (Phi) is 6.19. The molecule has 7 aromatic carbocycles. The first-order chi connectivity index (χ1) is 24.5. The van der Waals surface area contributed by atoms with Gasteiger partial charge in [0.1, 0.15) is 16.7 Å². The Hall–Kier alpha value is -6.39. The summed E-state index contributed by atoms with van der Waals surface area (Å²) >= 11 is 0. The van der Waals surface area contributed by atoms with Gasteiger partial charge in [0.2, 0.25) is 5.89 Å². The van der Waals surface area contributed by atoms with E-state index in [0.717, 1.165) is 55.7 Å². The van der Waals surface area contributed by atoms with E-state index in [0.29, 0.717) is 5.89 Å². The first-order valence-electron chi connectivity index (χ1n) is 17.0. The highest BCUT2D eigenvalue weighted by Gasteiger charge is 2.35. The summed E-state index contributed by atoms with van der Waals surface area (Å²) in [6.45, 7) is 4.66. The van der Waals surface area contributed by atoms with Crippen LogP contribution in [0, 0.1) is 0 Å². The van der Waals surface area contributed by atoms with E-state index in [4.69, 9.17) is 13.8 Å². The summed E-state index contributed by atoms with van der Waals surface area (Å²) in [5.74, 6) is 0.582. The highest BCUT2D eigenvalue weighted by Crippen LogP contribution is 2.51. The predicted octanol–water partition coefficient (Wildman–Crippen LogP) is 12.8. The molecule has 2 heterocycles. The summed E-state index contributed by atoms with van der Waals surface area (Å²) in [5.41, 5.74) is 14.9.